The molecular formula is C16H9Br2F3N2O2. The van der Waals surface area contributed by atoms with E-state index in [1.807, 2.05) is 0 Å². The molecule has 4 nitrogen and oxygen atoms in total. The average molecular weight is 478 g/mol. The highest BCUT2D eigenvalue weighted by molar-refractivity contribution is 9.11. The van der Waals surface area contributed by atoms with Crippen LogP contribution in [0.1, 0.15) is 21.5 Å². The van der Waals surface area contributed by atoms with Crippen LogP contribution in [0.25, 0.3) is 10.9 Å². The molecule has 0 saturated heterocycles. The molecule has 3 aromatic rings. The van der Waals surface area contributed by atoms with Gasteiger partial charge in [0, 0.05) is 14.3 Å². The molecule has 1 heterocycles. The highest BCUT2D eigenvalue weighted by Crippen LogP contribution is 2.35. The third-order valence-corrected chi connectivity index (χ3v) is 5.01. The maximum absolute atomic E-state index is 12.9. The molecule has 0 bridgehead atoms. The molecular weight excluding hydrogens is 469 g/mol. The van der Waals surface area contributed by atoms with Gasteiger partial charge in [-0.3, -0.25) is 4.68 Å². The van der Waals surface area contributed by atoms with Gasteiger partial charge in [0.05, 0.1) is 29.4 Å². The van der Waals surface area contributed by atoms with Crippen molar-refractivity contribution in [2.75, 3.05) is 0 Å². The Morgan fingerprint density at radius 1 is 1.16 bits per heavy atom. The van der Waals surface area contributed by atoms with Crippen molar-refractivity contribution >= 4 is 48.7 Å². The molecule has 1 N–H and O–H groups in total. The minimum absolute atomic E-state index is 0.119. The number of nitrogens with zero attached hydrogens (tertiary/aromatic N) is 2. The number of hydrogen-bond acceptors (Lipinski definition) is 2. The van der Waals surface area contributed by atoms with Crippen LogP contribution in [0.3, 0.4) is 0 Å². The maximum atomic E-state index is 12.9. The van der Waals surface area contributed by atoms with Crippen LogP contribution in [0.5, 0.6) is 0 Å². The molecule has 0 aliphatic rings. The molecule has 0 amide bonds. The lowest BCUT2D eigenvalue weighted by Gasteiger charge is -2.11. The molecule has 2 aromatic carbocycles. The molecule has 1 aromatic heterocycles. The molecule has 25 heavy (non-hydrogen) atoms. The van der Waals surface area contributed by atoms with Gasteiger partial charge < -0.3 is 5.11 Å². The highest BCUT2D eigenvalue weighted by Gasteiger charge is 2.31. The van der Waals surface area contributed by atoms with Crippen LogP contribution >= 0.6 is 31.9 Å². The van der Waals surface area contributed by atoms with E-state index in [1.165, 1.54) is 23.0 Å². The SMILES string of the molecule is O=C(O)c1ccc(Br)c(Cn2ncc3cc(C(F)(F)F)cc(Br)c32)c1. The van der Waals surface area contributed by atoms with Gasteiger partial charge in [0.25, 0.3) is 0 Å². The highest BCUT2D eigenvalue weighted by atomic mass is 79.9. The summed E-state index contributed by atoms with van der Waals surface area (Å²) >= 11 is 6.52. The summed E-state index contributed by atoms with van der Waals surface area (Å²) in [5.41, 5.74) is 0.505. The van der Waals surface area contributed by atoms with Crippen molar-refractivity contribution in [1.82, 2.24) is 9.78 Å². The summed E-state index contributed by atoms with van der Waals surface area (Å²) in [7, 11) is 0. The molecule has 0 fully saturated rings. The molecule has 0 aliphatic carbocycles. The third-order valence-electron chi connectivity index (χ3n) is 3.63. The van der Waals surface area contributed by atoms with Gasteiger partial charge in [-0.15, -0.1) is 0 Å². The number of aromatic carboxylic acids is 1. The molecule has 0 radical (unpaired) electrons. The van der Waals surface area contributed by atoms with E-state index in [0.29, 0.717) is 20.9 Å². The van der Waals surface area contributed by atoms with E-state index in [-0.39, 0.29) is 16.6 Å². The van der Waals surface area contributed by atoms with Gasteiger partial charge in [-0.05, 0) is 51.8 Å². The van der Waals surface area contributed by atoms with Gasteiger partial charge in [-0.2, -0.15) is 18.3 Å². The fraction of sp³-hybridized carbons (Fsp3) is 0.125. The summed E-state index contributed by atoms with van der Waals surface area (Å²) in [4.78, 5) is 11.1. The number of halogens is 5. The molecule has 0 atom stereocenters. The van der Waals surface area contributed by atoms with Crippen molar-refractivity contribution in [3.63, 3.8) is 0 Å². The van der Waals surface area contributed by atoms with Crippen molar-refractivity contribution in [2.24, 2.45) is 0 Å². The fourth-order valence-corrected chi connectivity index (χ4v) is 3.51. The van der Waals surface area contributed by atoms with E-state index in [0.717, 1.165) is 12.1 Å². The zero-order valence-electron chi connectivity index (χ0n) is 12.3. The number of fused-ring (bicyclic) bond motifs is 1. The van der Waals surface area contributed by atoms with Gasteiger partial charge >= 0.3 is 12.1 Å². The van der Waals surface area contributed by atoms with Crippen LogP contribution in [-0.2, 0) is 12.7 Å². The van der Waals surface area contributed by atoms with E-state index in [4.69, 9.17) is 5.11 Å². The second-order valence-electron chi connectivity index (χ2n) is 5.31. The Morgan fingerprint density at radius 3 is 2.52 bits per heavy atom. The Kier molecular flexibility index (Phi) is 4.63. The summed E-state index contributed by atoms with van der Waals surface area (Å²) in [6, 6.07) is 6.61. The normalized spacial score (nSPS) is 11.9. The average Bonchev–Trinajstić information content (AvgIpc) is 2.92. The smallest absolute Gasteiger partial charge is 0.416 e. The van der Waals surface area contributed by atoms with Gasteiger partial charge in [-0.25, -0.2) is 4.79 Å². The number of aromatic nitrogens is 2. The number of carboxylic acid groups (broad SMARTS) is 1. The van der Waals surface area contributed by atoms with Crippen LogP contribution in [0.2, 0.25) is 0 Å². The number of hydrogen-bond donors (Lipinski definition) is 1. The first-order valence-corrected chi connectivity index (χ1v) is 8.49. The zero-order chi connectivity index (χ0) is 18.4. The van der Waals surface area contributed by atoms with Crippen LogP contribution in [0.15, 0.2) is 45.5 Å². The lowest BCUT2D eigenvalue weighted by Crippen LogP contribution is -2.07. The van der Waals surface area contributed by atoms with Crippen molar-refractivity contribution < 1.29 is 23.1 Å². The number of carboxylic acids is 1. The molecule has 130 valence electrons. The van der Waals surface area contributed by atoms with E-state index in [9.17, 15) is 18.0 Å². The Morgan fingerprint density at radius 2 is 1.88 bits per heavy atom. The van der Waals surface area contributed by atoms with Crippen LogP contribution < -0.4 is 0 Å². The number of carbonyl (C=O) groups is 1. The minimum Gasteiger partial charge on any atom is -0.478 e. The molecule has 0 saturated carbocycles. The topological polar surface area (TPSA) is 55.1 Å². The fourth-order valence-electron chi connectivity index (χ4n) is 2.45. The van der Waals surface area contributed by atoms with Crippen molar-refractivity contribution in [3.8, 4) is 0 Å². The number of alkyl halides is 3. The second-order valence-corrected chi connectivity index (χ2v) is 7.02. The Labute approximate surface area is 156 Å². The molecule has 0 aliphatic heterocycles. The van der Waals surface area contributed by atoms with Crippen molar-refractivity contribution in [1.29, 1.82) is 0 Å². The second kappa shape index (κ2) is 6.45. The first-order chi connectivity index (χ1) is 11.7. The Balaban J connectivity index is 2.06. The quantitative estimate of drug-likeness (QED) is 0.555. The predicted molar refractivity (Wildman–Crippen MR) is 92.6 cm³/mol. The molecule has 9 heteroatoms. The molecule has 0 spiro atoms. The molecule has 0 unspecified atom stereocenters. The minimum atomic E-state index is -4.45. The van der Waals surface area contributed by atoms with Crippen LogP contribution in [0, 0.1) is 0 Å². The summed E-state index contributed by atoms with van der Waals surface area (Å²) < 4.78 is 41.2. The van der Waals surface area contributed by atoms with Crippen LogP contribution in [0.4, 0.5) is 13.2 Å². The summed E-state index contributed by atoms with van der Waals surface area (Å²) in [5, 5.41) is 13.6. The summed E-state index contributed by atoms with van der Waals surface area (Å²) in [6.45, 7) is 0.204. The summed E-state index contributed by atoms with van der Waals surface area (Å²) in [5.74, 6) is -1.06. The summed E-state index contributed by atoms with van der Waals surface area (Å²) in [6.07, 6.45) is -3.10. The monoisotopic (exact) mass is 476 g/mol. The number of benzene rings is 2. The maximum Gasteiger partial charge on any atom is 0.416 e. The first kappa shape index (κ1) is 17.9. The third kappa shape index (κ3) is 3.57. The van der Waals surface area contributed by atoms with E-state index in [1.54, 1.807) is 6.07 Å². The first-order valence-electron chi connectivity index (χ1n) is 6.91. The van der Waals surface area contributed by atoms with Gasteiger partial charge in [0.2, 0.25) is 0 Å². The predicted octanol–water partition coefficient (Wildman–Crippen LogP) is 5.33. The van der Waals surface area contributed by atoms with E-state index < -0.39 is 17.7 Å². The van der Waals surface area contributed by atoms with Crippen LogP contribution in [-0.4, -0.2) is 20.9 Å². The lowest BCUT2D eigenvalue weighted by molar-refractivity contribution is -0.137. The van der Waals surface area contributed by atoms with E-state index in [2.05, 4.69) is 37.0 Å². The van der Waals surface area contributed by atoms with Gasteiger partial charge in [0.15, 0.2) is 0 Å². The Bertz CT molecular complexity index is 983. The van der Waals surface area contributed by atoms with Crippen molar-refractivity contribution in [3.05, 3.63) is 62.2 Å². The lowest BCUT2D eigenvalue weighted by atomic mass is 10.1. The molecule has 3 rings (SSSR count). The van der Waals surface area contributed by atoms with Crippen molar-refractivity contribution in [2.45, 2.75) is 12.7 Å². The Hall–Kier alpha value is -1.87. The van der Waals surface area contributed by atoms with Gasteiger partial charge in [0.1, 0.15) is 0 Å². The number of rotatable bonds is 3. The van der Waals surface area contributed by atoms with Gasteiger partial charge in [-0.1, -0.05) is 15.9 Å². The van der Waals surface area contributed by atoms with E-state index >= 15 is 0 Å². The zero-order valence-corrected chi connectivity index (χ0v) is 15.5. The largest absolute Gasteiger partial charge is 0.478 e. The standard InChI is InChI=1S/C16H9Br2F3N2O2/c17-12-2-1-8(15(24)25)3-10(12)7-23-14-9(6-22-23)4-11(5-13(14)18)16(19,20)21/h1-6H,7H2,(H,24,25).